The van der Waals surface area contributed by atoms with Crippen LogP contribution in [0.4, 0.5) is 0 Å². The molecule has 1 aromatic carbocycles. The van der Waals surface area contributed by atoms with Gasteiger partial charge in [-0.1, -0.05) is 18.2 Å². The van der Waals surface area contributed by atoms with Crippen LogP contribution in [0.3, 0.4) is 0 Å². The zero-order valence-corrected chi connectivity index (χ0v) is 11.2. The maximum atomic E-state index is 12.5. The summed E-state index contributed by atoms with van der Waals surface area (Å²) in [6.45, 7) is 0. The van der Waals surface area contributed by atoms with Gasteiger partial charge < -0.3 is 4.18 Å². The Labute approximate surface area is 114 Å². The third-order valence-electron chi connectivity index (χ3n) is 2.37. The van der Waals surface area contributed by atoms with Gasteiger partial charge in [0.25, 0.3) is 8.96 Å². The summed E-state index contributed by atoms with van der Waals surface area (Å²) in [4.78, 5) is 11.9. The first-order valence-electron chi connectivity index (χ1n) is 5.30. The molecule has 0 fully saturated rings. The highest BCUT2D eigenvalue weighted by molar-refractivity contribution is 8.29. The van der Waals surface area contributed by atoms with Crippen LogP contribution in [0.2, 0.25) is 0 Å². The smallest absolute Gasteiger partial charge is 0.285 e. The van der Waals surface area contributed by atoms with E-state index in [9.17, 15) is 4.21 Å². The van der Waals surface area contributed by atoms with E-state index < -0.39 is 8.96 Å². The lowest BCUT2D eigenvalue weighted by molar-refractivity contribution is 0.551. The molecule has 8 heteroatoms. The fraction of sp³-hybridized carbons (Fsp3) is 0. The van der Waals surface area contributed by atoms with Crippen molar-refractivity contribution in [2.24, 2.45) is 0 Å². The van der Waals surface area contributed by atoms with Crippen LogP contribution in [0, 0.1) is 0 Å². The molecule has 6 nitrogen and oxygen atoms in total. The zero-order chi connectivity index (χ0) is 13.3. The second kappa shape index (κ2) is 4.56. The van der Waals surface area contributed by atoms with Crippen LogP contribution in [0.15, 0.2) is 49.2 Å². The van der Waals surface area contributed by atoms with Gasteiger partial charge in [-0.25, -0.2) is 15.0 Å². The molecule has 0 aliphatic heterocycles. The van der Waals surface area contributed by atoms with E-state index >= 15 is 0 Å². The lowest BCUT2D eigenvalue weighted by Crippen LogP contribution is -2.17. The Morgan fingerprint density at radius 2 is 2.00 bits per heavy atom. The van der Waals surface area contributed by atoms with Gasteiger partial charge >= 0.3 is 0 Å². The summed E-state index contributed by atoms with van der Waals surface area (Å²) in [6.07, 6.45) is 4.21. The lowest BCUT2D eigenvalue weighted by Gasteiger charge is -2.10. The van der Waals surface area contributed by atoms with Crippen molar-refractivity contribution in [3.05, 3.63) is 49.2 Å². The number of para-hydroxylation sites is 1. The molecule has 3 aromatic rings. The van der Waals surface area contributed by atoms with E-state index in [1.807, 2.05) is 6.07 Å². The first-order valence-corrected chi connectivity index (χ1v) is 7.66. The number of imidazole rings is 1. The Kier molecular flexibility index (Phi) is 2.88. The number of aromatic nitrogens is 4. The number of benzene rings is 1. The number of nitrogens with zero attached hydrogens (tertiary/aromatic N) is 4. The standard InChI is InChI=1S/C11H8N4O2S2/c16-19(18,17-9-4-2-1-3-5-9)15-8-14-10-6-12-7-13-11(10)15/h1-8H. The van der Waals surface area contributed by atoms with Gasteiger partial charge in [0.05, 0.1) is 6.20 Å². The summed E-state index contributed by atoms with van der Waals surface area (Å²) in [5.74, 6) is 0.429. The molecule has 0 aliphatic rings. The van der Waals surface area contributed by atoms with Crippen molar-refractivity contribution < 1.29 is 8.39 Å². The third kappa shape index (κ3) is 2.27. The zero-order valence-electron chi connectivity index (χ0n) is 9.54. The molecular weight excluding hydrogens is 284 g/mol. The topological polar surface area (TPSA) is 69.9 Å². The molecule has 0 aliphatic carbocycles. The van der Waals surface area contributed by atoms with Gasteiger partial charge in [-0.2, -0.15) is 8.18 Å². The van der Waals surface area contributed by atoms with E-state index in [1.54, 1.807) is 24.3 Å². The normalized spacial score (nSPS) is 14.1. The average Bonchev–Trinajstić information content (AvgIpc) is 2.84. The SMILES string of the molecule is O=S(=S)(Oc1ccccc1)n1cnc2cncnc21. The van der Waals surface area contributed by atoms with Crippen LogP contribution in [-0.2, 0) is 20.1 Å². The van der Waals surface area contributed by atoms with E-state index in [0.717, 1.165) is 0 Å². The second-order valence-corrected chi connectivity index (χ2v) is 6.31. The predicted molar refractivity (Wildman–Crippen MR) is 73.3 cm³/mol. The maximum absolute atomic E-state index is 12.5. The number of rotatable bonds is 3. The Morgan fingerprint density at radius 1 is 1.21 bits per heavy atom. The molecule has 0 amide bonds. The summed E-state index contributed by atoms with van der Waals surface area (Å²) in [7, 11) is -3.20. The van der Waals surface area contributed by atoms with Crippen molar-refractivity contribution >= 4 is 31.3 Å². The minimum Gasteiger partial charge on any atom is -0.386 e. The Hall–Kier alpha value is -2.06. The van der Waals surface area contributed by atoms with Gasteiger partial charge in [-0.3, -0.25) is 0 Å². The largest absolute Gasteiger partial charge is 0.386 e. The summed E-state index contributed by atoms with van der Waals surface area (Å²) >= 11 is 5.04. The molecule has 2 aromatic heterocycles. The minimum absolute atomic E-state index is 0.380. The van der Waals surface area contributed by atoms with Gasteiger partial charge in [0.1, 0.15) is 23.9 Å². The highest BCUT2D eigenvalue weighted by Crippen LogP contribution is 2.16. The maximum Gasteiger partial charge on any atom is 0.285 e. The first-order chi connectivity index (χ1) is 9.17. The molecule has 96 valence electrons. The Morgan fingerprint density at radius 3 is 2.79 bits per heavy atom. The van der Waals surface area contributed by atoms with E-state index in [-0.39, 0.29) is 0 Å². The van der Waals surface area contributed by atoms with Crippen LogP contribution in [-0.4, -0.2) is 23.1 Å². The van der Waals surface area contributed by atoms with E-state index in [0.29, 0.717) is 16.9 Å². The second-order valence-electron chi connectivity index (χ2n) is 3.63. The van der Waals surface area contributed by atoms with Crippen LogP contribution in [0.5, 0.6) is 5.75 Å². The van der Waals surface area contributed by atoms with Gasteiger partial charge in [0.2, 0.25) is 0 Å². The summed E-state index contributed by atoms with van der Waals surface area (Å²) in [5.41, 5.74) is 0.891. The van der Waals surface area contributed by atoms with Crippen molar-refractivity contribution in [2.45, 2.75) is 0 Å². The van der Waals surface area contributed by atoms with Crippen LogP contribution >= 0.6 is 0 Å². The molecule has 1 atom stereocenters. The molecule has 0 saturated heterocycles. The molecule has 1 unspecified atom stereocenters. The summed E-state index contributed by atoms with van der Waals surface area (Å²) in [5, 5.41) is 0. The molecular formula is C11H8N4O2S2. The quantitative estimate of drug-likeness (QED) is 0.725. The molecule has 0 radical (unpaired) electrons. The number of hydrogen-bond donors (Lipinski definition) is 0. The minimum atomic E-state index is -3.20. The van der Waals surface area contributed by atoms with Crippen LogP contribution in [0.1, 0.15) is 0 Å². The van der Waals surface area contributed by atoms with Crippen molar-refractivity contribution in [1.29, 1.82) is 0 Å². The fourth-order valence-corrected chi connectivity index (χ4v) is 3.06. The van der Waals surface area contributed by atoms with E-state index in [2.05, 4.69) is 15.0 Å². The van der Waals surface area contributed by atoms with Gasteiger partial charge in [-0.15, -0.1) is 0 Å². The van der Waals surface area contributed by atoms with Crippen molar-refractivity contribution in [3.63, 3.8) is 0 Å². The van der Waals surface area contributed by atoms with Crippen LogP contribution in [0.25, 0.3) is 11.2 Å². The molecule has 19 heavy (non-hydrogen) atoms. The van der Waals surface area contributed by atoms with Gasteiger partial charge in [-0.05, 0) is 12.1 Å². The molecule has 0 saturated carbocycles. The number of hydrogen-bond acceptors (Lipinski definition) is 6. The predicted octanol–water partition coefficient (Wildman–Crippen LogP) is 1.33. The van der Waals surface area contributed by atoms with Gasteiger partial charge in [0.15, 0.2) is 5.65 Å². The average molecular weight is 292 g/mol. The van der Waals surface area contributed by atoms with Crippen LogP contribution < -0.4 is 4.18 Å². The van der Waals surface area contributed by atoms with Crippen molar-refractivity contribution in [3.8, 4) is 5.75 Å². The monoisotopic (exact) mass is 292 g/mol. The van der Waals surface area contributed by atoms with E-state index in [1.165, 1.54) is 22.8 Å². The molecule has 2 heterocycles. The first kappa shape index (κ1) is 12.0. The molecule has 0 spiro atoms. The highest BCUT2D eigenvalue weighted by atomic mass is 32.8. The van der Waals surface area contributed by atoms with Crippen molar-refractivity contribution in [1.82, 2.24) is 18.9 Å². The van der Waals surface area contributed by atoms with E-state index in [4.69, 9.17) is 15.4 Å². The Balaban J connectivity index is 2.05. The van der Waals surface area contributed by atoms with Gasteiger partial charge in [0, 0.05) is 11.2 Å². The van der Waals surface area contributed by atoms with Crippen molar-refractivity contribution in [2.75, 3.05) is 0 Å². The number of fused-ring (bicyclic) bond motifs is 1. The highest BCUT2D eigenvalue weighted by Gasteiger charge is 2.16. The summed E-state index contributed by atoms with van der Waals surface area (Å²) in [6, 6.07) is 8.74. The third-order valence-corrected chi connectivity index (χ3v) is 4.21. The Bertz CT molecular complexity index is 815. The fourth-order valence-electron chi connectivity index (χ4n) is 1.55. The summed E-state index contributed by atoms with van der Waals surface area (Å²) < 4.78 is 19.1. The molecule has 0 N–H and O–H groups in total. The molecule has 3 rings (SSSR count). The lowest BCUT2D eigenvalue weighted by atomic mass is 10.3. The molecule has 0 bridgehead atoms.